The molecule has 0 radical (unpaired) electrons. The van der Waals surface area contributed by atoms with Gasteiger partial charge in [-0.15, -0.1) is 0 Å². The second kappa shape index (κ2) is 6.12. The molecule has 0 amide bonds. The molecule has 0 bridgehead atoms. The predicted molar refractivity (Wildman–Crippen MR) is 80.1 cm³/mol. The second-order valence-electron chi connectivity index (χ2n) is 5.70. The van der Waals surface area contributed by atoms with Crippen molar-refractivity contribution in [3.63, 3.8) is 0 Å². The van der Waals surface area contributed by atoms with E-state index in [1.165, 1.54) is 5.69 Å². The molecule has 2 heterocycles. The summed E-state index contributed by atoms with van der Waals surface area (Å²) in [7, 11) is 0. The third-order valence-electron chi connectivity index (χ3n) is 4.40. The van der Waals surface area contributed by atoms with E-state index in [9.17, 15) is 5.11 Å². The zero-order valence-corrected chi connectivity index (χ0v) is 12.2. The monoisotopic (exact) mass is 276 g/mol. The molecule has 2 unspecified atom stereocenters. The van der Waals surface area contributed by atoms with Crippen LogP contribution >= 0.6 is 0 Å². The Balaban J connectivity index is 1.70. The summed E-state index contributed by atoms with van der Waals surface area (Å²) < 4.78 is 5.91. The fourth-order valence-corrected chi connectivity index (χ4v) is 3.22. The van der Waals surface area contributed by atoms with Gasteiger partial charge in [-0.05, 0) is 19.0 Å². The third-order valence-corrected chi connectivity index (χ3v) is 4.40. The Morgan fingerprint density at radius 1 is 1.30 bits per heavy atom. The van der Waals surface area contributed by atoms with Crippen molar-refractivity contribution in [1.29, 1.82) is 0 Å². The van der Waals surface area contributed by atoms with Crippen LogP contribution in [0.15, 0.2) is 24.3 Å². The molecule has 1 N–H and O–H groups in total. The lowest BCUT2D eigenvalue weighted by Gasteiger charge is -2.39. The minimum absolute atomic E-state index is 0.270. The Morgan fingerprint density at radius 3 is 3.00 bits per heavy atom. The number of nitrogens with zero attached hydrogens (tertiary/aromatic N) is 2. The number of ether oxygens (including phenoxy) is 1. The molecule has 0 spiro atoms. The summed E-state index contributed by atoms with van der Waals surface area (Å²) in [6.07, 6.45) is 0.759. The minimum Gasteiger partial charge on any atom is -0.388 e. The van der Waals surface area contributed by atoms with E-state index in [1.54, 1.807) is 0 Å². The molecule has 3 rings (SSSR count). The highest BCUT2D eigenvalue weighted by Crippen LogP contribution is 2.33. The van der Waals surface area contributed by atoms with E-state index in [2.05, 4.69) is 22.8 Å². The predicted octanol–water partition coefficient (Wildman–Crippen LogP) is 1.65. The van der Waals surface area contributed by atoms with E-state index >= 15 is 0 Å². The number of aliphatic hydroxyl groups is 1. The normalized spacial score (nSPS) is 27.4. The molecule has 2 aliphatic rings. The lowest BCUT2D eigenvalue weighted by Crippen LogP contribution is -2.48. The Kier molecular flexibility index (Phi) is 4.24. The number of hydrogen-bond acceptors (Lipinski definition) is 4. The van der Waals surface area contributed by atoms with Crippen LogP contribution in [0.4, 0.5) is 5.69 Å². The van der Waals surface area contributed by atoms with E-state index in [0.29, 0.717) is 0 Å². The van der Waals surface area contributed by atoms with Crippen molar-refractivity contribution in [3.8, 4) is 0 Å². The van der Waals surface area contributed by atoms with E-state index in [0.717, 1.165) is 51.3 Å². The van der Waals surface area contributed by atoms with Gasteiger partial charge in [-0.2, -0.15) is 0 Å². The molecule has 0 aromatic heterocycles. The molecule has 1 aromatic rings. The van der Waals surface area contributed by atoms with Crippen molar-refractivity contribution < 1.29 is 9.84 Å². The van der Waals surface area contributed by atoms with Crippen LogP contribution in [0.5, 0.6) is 0 Å². The molecule has 2 atom stereocenters. The molecule has 4 nitrogen and oxygen atoms in total. The lowest BCUT2D eigenvalue weighted by atomic mass is 9.98. The molecule has 4 heteroatoms. The largest absolute Gasteiger partial charge is 0.388 e. The topological polar surface area (TPSA) is 35.9 Å². The molecule has 0 aliphatic carbocycles. The van der Waals surface area contributed by atoms with Crippen LogP contribution in [0, 0.1) is 0 Å². The SMILES string of the molecule is CCN1CCOC(CN2CCC(O)c3ccccc32)C1. The first kappa shape index (κ1) is 13.9. The summed E-state index contributed by atoms with van der Waals surface area (Å²) in [6, 6.07) is 8.19. The third kappa shape index (κ3) is 2.82. The van der Waals surface area contributed by atoms with Gasteiger partial charge in [0.1, 0.15) is 0 Å². The summed E-state index contributed by atoms with van der Waals surface area (Å²) in [4.78, 5) is 4.81. The average molecular weight is 276 g/mol. The quantitative estimate of drug-likeness (QED) is 0.910. The average Bonchev–Trinajstić information content (AvgIpc) is 2.51. The number of hydrogen-bond donors (Lipinski definition) is 1. The van der Waals surface area contributed by atoms with Crippen molar-refractivity contribution in [2.24, 2.45) is 0 Å². The van der Waals surface area contributed by atoms with Gasteiger partial charge in [0.05, 0.1) is 18.8 Å². The number of morpholine rings is 1. The summed E-state index contributed by atoms with van der Waals surface area (Å²) in [6.45, 7) is 8.01. The number of benzene rings is 1. The fraction of sp³-hybridized carbons (Fsp3) is 0.625. The van der Waals surface area contributed by atoms with E-state index in [-0.39, 0.29) is 12.2 Å². The fourth-order valence-electron chi connectivity index (χ4n) is 3.22. The maximum absolute atomic E-state index is 10.1. The van der Waals surface area contributed by atoms with Crippen LogP contribution in [0.1, 0.15) is 25.0 Å². The van der Waals surface area contributed by atoms with Crippen LogP contribution in [-0.2, 0) is 4.74 Å². The van der Waals surface area contributed by atoms with Gasteiger partial charge in [-0.1, -0.05) is 25.1 Å². The van der Waals surface area contributed by atoms with Gasteiger partial charge in [0.15, 0.2) is 0 Å². The maximum atomic E-state index is 10.1. The molecule has 2 aliphatic heterocycles. The standard InChI is InChI=1S/C16H24N2O2/c1-2-17-9-10-20-13(11-17)12-18-8-7-16(19)14-5-3-4-6-15(14)18/h3-6,13,16,19H,2,7-12H2,1H3. The number of aliphatic hydroxyl groups excluding tert-OH is 1. The van der Waals surface area contributed by atoms with Crippen molar-refractivity contribution in [2.45, 2.75) is 25.6 Å². The first-order chi connectivity index (χ1) is 9.78. The van der Waals surface area contributed by atoms with Gasteiger partial charge in [-0.3, -0.25) is 4.90 Å². The smallest absolute Gasteiger partial charge is 0.0877 e. The lowest BCUT2D eigenvalue weighted by molar-refractivity contribution is -0.0225. The number of rotatable bonds is 3. The Labute approximate surface area is 120 Å². The summed E-state index contributed by atoms with van der Waals surface area (Å²) in [5.74, 6) is 0. The van der Waals surface area contributed by atoms with Crippen LogP contribution < -0.4 is 4.90 Å². The van der Waals surface area contributed by atoms with Gasteiger partial charge >= 0.3 is 0 Å². The Bertz CT molecular complexity index is 452. The Morgan fingerprint density at radius 2 is 2.15 bits per heavy atom. The van der Waals surface area contributed by atoms with Crippen LogP contribution in [-0.4, -0.2) is 55.4 Å². The molecule has 1 saturated heterocycles. The number of anilines is 1. The first-order valence-electron chi connectivity index (χ1n) is 7.64. The van der Waals surface area contributed by atoms with Gasteiger partial charge in [0.2, 0.25) is 0 Å². The summed E-state index contributed by atoms with van der Waals surface area (Å²) in [5, 5.41) is 10.1. The van der Waals surface area contributed by atoms with E-state index in [4.69, 9.17) is 4.74 Å². The van der Waals surface area contributed by atoms with Crippen molar-refractivity contribution in [3.05, 3.63) is 29.8 Å². The highest BCUT2D eigenvalue weighted by molar-refractivity contribution is 5.56. The number of para-hydroxylation sites is 1. The Hall–Kier alpha value is -1.10. The van der Waals surface area contributed by atoms with Crippen molar-refractivity contribution >= 4 is 5.69 Å². The molecule has 110 valence electrons. The minimum atomic E-state index is -0.318. The van der Waals surface area contributed by atoms with Gasteiger partial charge < -0.3 is 14.7 Å². The summed E-state index contributed by atoms with van der Waals surface area (Å²) >= 11 is 0. The maximum Gasteiger partial charge on any atom is 0.0877 e. The van der Waals surface area contributed by atoms with E-state index < -0.39 is 0 Å². The summed E-state index contributed by atoms with van der Waals surface area (Å²) in [5.41, 5.74) is 2.23. The van der Waals surface area contributed by atoms with Crippen molar-refractivity contribution in [2.75, 3.05) is 44.2 Å². The highest BCUT2D eigenvalue weighted by atomic mass is 16.5. The van der Waals surface area contributed by atoms with Crippen LogP contribution in [0.25, 0.3) is 0 Å². The van der Waals surface area contributed by atoms with Gasteiger partial charge in [0, 0.05) is 37.4 Å². The van der Waals surface area contributed by atoms with Gasteiger partial charge in [0.25, 0.3) is 0 Å². The number of fused-ring (bicyclic) bond motifs is 1. The number of likely N-dealkylation sites (N-methyl/N-ethyl adjacent to an activating group) is 1. The van der Waals surface area contributed by atoms with Crippen molar-refractivity contribution in [1.82, 2.24) is 4.90 Å². The van der Waals surface area contributed by atoms with Crippen LogP contribution in [0.3, 0.4) is 0 Å². The zero-order chi connectivity index (χ0) is 13.9. The molecular weight excluding hydrogens is 252 g/mol. The van der Waals surface area contributed by atoms with E-state index in [1.807, 2.05) is 18.2 Å². The molecule has 1 fully saturated rings. The molecule has 20 heavy (non-hydrogen) atoms. The second-order valence-corrected chi connectivity index (χ2v) is 5.70. The van der Waals surface area contributed by atoms with Crippen LogP contribution in [0.2, 0.25) is 0 Å². The molecular formula is C16H24N2O2. The zero-order valence-electron chi connectivity index (χ0n) is 12.2. The molecule has 0 saturated carbocycles. The molecule has 1 aromatic carbocycles. The first-order valence-corrected chi connectivity index (χ1v) is 7.64. The van der Waals surface area contributed by atoms with Gasteiger partial charge in [-0.25, -0.2) is 0 Å². The highest BCUT2D eigenvalue weighted by Gasteiger charge is 2.27.